The Morgan fingerprint density at radius 1 is 1.20 bits per heavy atom. The number of hydrogen-bond donors (Lipinski definition) is 1. The van der Waals surface area contributed by atoms with Gasteiger partial charge in [-0.3, -0.25) is 0 Å². The van der Waals surface area contributed by atoms with Crippen LogP contribution in [0.4, 0.5) is 24.1 Å². The van der Waals surface area contributed by atoms with Crippen LogP contribution >= 0.6 is 22.2 Å². The topological polar surface area (TPSA) is 107 Å². The van der Waals surface area contributed by atoms with Crippen molar-refractivity contribution in [2.24, 2.45) is 0 Å². The lowest BCUT2D eigenvalue weighted by Gasteiger charge is -2.10. The number of pyridine rings is 2. The number of anilines is 2. The van der Waals surface area contributed by atoms with Gasteiger partial charge in [-0.2, -0.15) is 22.5 Å². The fourth-order valence-electron chi connectivity index (χ4n) is 2.21. The molecule has 3 heterocycles. The van der Waals surface area contributed by atoms with Crippen molar-refractivity contribution in [1.82, 2.24) is 19.3 Å². The van der Waals surface area contributed by atoms with Gasteiger partial charge in [-0.1, -0.05) is 0 Å². The average Bonchev–Trinajstić information content (AvgIpc) is 3.09. The molecule has 0 aliphatic heterocycles. The highest BCUT2D eigenvalue weighted by atomic mass is 35.7. The molecule has 8 nitrogen and oxygen atoms in total. The number of halogens is 4. The molecule has 0 aromatic carbocycles. The van der Waals surface area contributed by atoms with Crippen LogP contribution in [0, 0.1) is 0 Å². The van der Waals surface area contributed by atoms with Crippen molar-refractivity contribution in [3.8, 4) is 17.3 Å². The zero-order valence-corrected chi connectivity index (χ0v) is 17.7. The molecular weight excluding hydrogens is 467 g/mol. The summed E-state index contributed by atoms with van der Waals surface area (Å²) in [5.74, 6) is 0.378. The van der Waals surface area contributed by atoms with Crippen LogP contribution in [0.1, 0.15) is 19.4 Å². The number of nitrogens with one attached hydrogen (secondary N) is 1. The molecule has 3 aromatic heterocycles. The van der Waals surface area contributed by atoms with Crippen molar-refractivity contribution in [2.75, 3.05) is 5.32 Å². The van der Waals surface area contributed by atoms with Crippen LogP contribution in [-0.2, 0) is 15.2 Å². The molecule has 0 saturated carbocycles. The third-order valence-corrected chi connectivity index (χ3v) is 5.40. The fraction of sp³-hybridized carbons (Fsp3) is 0.250. The summed E-state index contributed by atoms with van der Waals surface area (Å²) >= 11 is 0.840. The van der Waals surface area contributed by atoms with Gasteiger partial charge in [-0.15, -0.1) is 0 Å². The first kappa shape index (κ1) is 22.2. The Hall–Kier alpha value is -2.51. The molecule has 0 radical (unpaired) electrons. The Bertz CT molecular complexity index is 1150. The summed E-state index contributed by atoms with van der Waals surface area (Å²) < 4.78 is 71.6. The number of nitrogens with zero attached hydrogens (tertiary/aromatic N) is 4. The molecule has 14 heteroatoms. The molecule has 30 heavy (non-hydrogen) atoms. The molecule has 0 unspecified atom stereocenters. The zero-order chi connectivity index (χ0) is 22.1. The lowest BCUT2D eigenvalue weighted by atomic mass is 10.3. The number of aromatic nitrogens is 4. The van der Waals surface area contributed by atoms with Crippen LogP contribution in [0.5, 0.6) is 5.75 Å². The molecule has 0 amide bonds. The van der Waals surface area contributed by atoms with Crippen LogP contribution in [-0.4, -0.2) is 33.8 Å². The molecule has 3 aromatic rings. The molecule has 0 fully saturated rings. The second kappa shape index (κ2) is 8.32. The highest BCUT2D eigenvalue weighted by Crippen LogP contribution is 2.34. The van der Waals surface area contributed by atoms with Gasteiger partial charge in [-0.25, -0.2) is 18.4 Å². The van der Waals surface area contributed by atoms with E-state index in [1.807, 2.05) is 13.8 Å². The van der Waals surface area contributed by atoms with Crippen LogP contribution in [0.2, 0.25) is 0 Å². The molecule has 0 atom stereocenters. The van der Waals surface area contributed by atoms with Crippen LogP contribution in [0.25, 0.3) is 11.5 Å². The third-order valence-electron chi connectivity index (χ3n) is 3.43. The van der Waals surface area contributed by atoms with Crippen molar-refractivity contribution in [2.45, 2.75) is 31.0 Å². The molecule has 160 valence electrons. The highest BCUT2D eigenvalue weighted by Gasteiger charge is 2.33. The van der Waals surface area contributed by atoms with E-state index in [9.17, 15) is 21.6 Å². The lowest BCUT2D eigenvalue weighted by Crippen LogP contribution is -2.09. The van der Waals surface area contributed by atoms with Crippen LogP contribution < -0.4 is 10.1 Å². The van der Waals surface area contributed by atoms with Gasteiger partial charge in [0.15, 0.2) is 11.6 Å². The van der Waals surface area contributed by atoms with Crippen molar-refractivity contribution in [3.05, 3.63) is 36.2 Å². The van der Waals surface area contributed by atoms with E-state index in [-0.39, 0.29) is 17.1 Å². The van der Waals surface area contributed by atoms with Gasteiger partial charge in [0.2, 0.25) is 5.13 Å². The van der Waals surface area contributed by atoms with Crippen LogP contribution in [0.15, 0.2) is 35.5 Å². The molecule has 1 N–H and O–H groups in total. The summed E-state index contributed by atoms with van der Waals surface area (Å²) in [4.78, 5) is 11.1. The summed E-state index contributed by atoms with van der Waals surface area (Å²) in [7, 11) is 0.755. The summed E-state index contributed by atoms with van der Waals surface area (Å²) in [6.07, 6.45) is -2.81. The number of ether oxygens (including phenoxy) is 1. The quantitative estimate of drug-likeness (QED) is 0.516. The average molecular weight is 480 g/mol. The van der Waals surface area contributed by atoms with Crippen molar-refractivity contribution < 1.29 is 26.3 Å². The molecule has 0 spiro atoms. The summed E-state index contributed by atoms with van der Waals surface area (Å²) in [6, 6.07) is 3.72. The van der Waals surface area contributed by atoms with E-state index in [0.717, 1.165) is 11.5 Å². The predicted octanol–water partition coefficient (Wildman–Crippen LogP) is 4.47. The highest BCUT2D eigenvalue weighted by molar-refractivity contribution is 8.13. The molecular formula is C16H13ClF3N5O3S2. The Kier molecular flexibility index (Phi) is 6.15. The summed E-state index contributed by atoms with van der Waals surface area (Å²) in [5, 5.41) is 2.62. The van der Waals surface area contributed by atoms with Gasteiger partial charge in [0.1, 0.15) is 16.3 Å². The Morgan fingerprint density at radius 2 is 1.93 bits per heavy atom. The maximum absolute atomic E-state index is 12.9. The minimum atomic E-state index is -4.78. The van der Waals surface area contributed by atoms with Gasteiger partial charge in [-0.05, 0) is 32.0 Å². The van der Waals surface area contributed by atoms with Crippen molar-refractivity contribution in [3.63, 3.8) is 0 Å². The summed E-state index contributed by atoms with van der Waals surface area (Å²) in [6.45, 7) is 3.75. The standard InChI is InChI=1S/C16H13ClF3N5O3S2/c1-8(2)28-10-3-4-11(21-7-10)13-23-15(29-25-13)24-14-12(30(17,26)27)5-9(6-22-14)16(18,19)20/h3-8H,1-2H3,(H,22,23,24,25). The molecule has 0 aliphatic carbocycles. The van der Waals surface area contributed by atoms with Crippen molar-refractivity contribution >= 4 is 42.2 Å². The van der Waals surface area contributed by atoms with Gasteiger partial charge in [0.05, 0.1) is 17.9 Å². The second-order valence-corrected chi connectivity index (χ2v) is 9.39. The minimum Gasteiger partial charge on any atom is -0.489 e. The van der Waals surface area contributed by atoms with E-state index >= 15 is 0 Å². The van der Waals surface area contributed by atoms with E-state index in [4.69, 9.17) is 15.4 Å². The largest absolute Gasteiger partial charge is 0.489 e. The maximum atomic E-state index is 12.9. The Morgan fingerprint density at radius 3 is 2.50 bits per heavy atom. The molecule has 0 aliphatic rings. The first-order valence-corrected chi connectivity index (χ1v) is 11.3. The fourth-order valence-corrected chi connectivity index (χ4v) is 3.75. The van der Waals surface area contributed by atoms with E-state index in [1.165, 1.54) is 6.20 Å². The second-order valence-electron chi connectivity index (χ2n) is 6.10. The molecule has 0 bridgehead atoms. The van der Waals surface area contributed by atoms with Crippen molar-refractivity contribution in [1.29, 1.82) is 0 Å². The van der Waals surface area contributed by atoms with E-state index in [1.54, 1.807) is 12.1 Å². The van der Waals surface area contributed by atoms with Gasteiger partial charge >= 0.3 is 6.18 Å². The lowest BCUT2D eigenvalue weighted by molar-refractivity contribution is -0.138. The molecule has 3 rings (SSSR count). The monoisotopic (exact) mass is 479 g/mol. The minimum absolute atomic E-state index is 0.0190. The number of hydrogen-bond acceptors (Lipinski definition) is 9. The number of rotatable bonds is 6. The van der Waals surface area contributed by atoms with Gasteiger partial charge in [0.25, 0.3) is 9.05 Å². The van der Waals surface area contributed by atoms with Crippen LogP contribution in [0.3, 0.4) is 0 Å². The zero-order valence-electron chi connectivity index (χ0n) is 15.3. The third kappa shape index (κ3) is 5.34. The predicted molar refractivity (Wildman–Crippen MR) is 104 cm³/mol. The van der Waals surface area contributed by atoms with Gasteiger partial charge in [0, 0.05) is 28.4 Å². The maximum Gasteiger partial charge on any atom is 0.417 e. The molecule has 0 saturated heterocycles. The smallest absolute Gasteiger partial charge is 0.417 e. The Balaban J connectivity index is 1.87. The van der Waals surface area contributed by atoms with Gasteiger partial charge < -0.3 is 10.1 Å². The van der Waals surface area contributed by atoms with E-state index < -0.39 is 31.5 Å². The van der Waals surface area contributed by atoms with E-state index in [0.29, 0.717) is 23.7 Å². The summed E-state index contributed by atoms with van der Waals surface area (Å²) in [5.41, 5.74) is -0.834. The first-order valence-electron chi connectivity index (χ1n) is 8.19. The first-order chi connectivity index (χ1) is 13.9. The number of alkyl halides is 3. The Labute approximate surface area is 177 Å². The SMILES string of the molecule is CC(C)Oc1ccc(-c2nsc(Nc3ncc(C(F)(F)F)cc3S(=O)(=O)Cl)n2)nc1. The van der Waals surface area contributed by atoms with E-state index in [2.05, 4.69) is 24.6 Å². The normalized spacial score (nSPS) is 12.2.